The number of rotatable bonds is 12. The molecular formula is C25H34N6O. The Morgan fingerprint density at radius 1 is 1.06 bits per heavy atom. The van der Waals surface area contributed by atoms with Crippen LogP contribution in [0.25, 0.3) is 0 Å². The van der Waals surface area contributed by atoms with Gasteiger partial charge in [0, 0.05) is 12.7 Å². The molecular weight excluding hydrogens is 400 g/mol. The third-order valence-corrected chi connectivity index (χ3v) is 4.53. The van der Waals surface area contributed by atoms with E-state index in [1.807, 2.05) is 54.1 Å². The molecule has 3 aromatic rings. The van der Waals surface area contributed by atoms with Gasteiger partial charge < -0.3 is 10.5 Å². The molecule has 0 aliphatic rings. The standard InChI is InChI=1S/C22H28N6O.C3H6/c23-22(21-9-5-6-14-25-21)27-19-10-12-20(13-11-19)29-16-8-4-2-1-3-7-15-28-18-24-17-26-28;1-3-2/h5-6,9-14,17-18H,1-4,7-8,15-16H2,(H2,23,27);3H,1H2,2H3. The monoisotopic (exact) mass is 434 g/mol. The second-order valence-corrected chi connectivity index (χ2v) is 7.24. The highest BCUT2D eigenvalue weighted by Crippen LogP contribution is 2.19. The quantitative estimate of drug-likeness (QED) is 0.180. The van der Waals surface area contributed by atoms with Crippen LogP contribution in [0, 0.1) is 0 Å². The van der Waals surface area contributed by atoms with E-state index in [2.05, 4.69) is 26.6 Å². The second-order valence-electron chi connectivity index (χ2n) is 7.24. The Bertz CT molecular complexity index is 892. The summed E-state index contributed by atoms with van der Waals surface area (Å²) in [6, 6.07) is 13.2. The summed E-state index contributed by atoms with van der Waals surface area (Å²) in [7, 11) is 0. The number of pyridine rings is 1. The minimum atomic E-state index is 0.403. The number of hydrogen-bond donors (Lipinski definition) is 1. The van der Waals surface area contributed by atoms with Crippen LogP contribution in [0.4, 0.5) is 5.69 Å². The number of allylic oxidation sites excluding steroid dienone is 1. The number of ether oxygens (including phenoxy) is 1. The molecule has 0 amide bonds. The number of nitrogens with zero attached hydrogens (tertiary/aromatic N) is 5. The molecule has 1 aromatic carbocycles. The number of unbranched alkanes of at least 4 members (excludes halogenated alkanes) is 5. The van der Waals surface area contributed by atoms with Gasteiger partial charge in [0.15, 0.2) is 0 Å². The zero-order valence-corrected chi connectivity index (χ0v) is 18.9. The van der Waals surface area contributed by atoms with Crippen molar-refractivity contribution in [1.29, 1.82) is 0 Å². The van der Waals surface area contributed by atoms with Gasteiger partial charge in [0.05, 0.1) is 12.3 Å². The fourth-order valence-corrected chi connectivity index (χ4v) is 2.95. The molecule has 0 aliphatic carbocycles. The molecule has 170 valence electrons. The number of hydrogen-bond acceptors (Lipinski definition) is 5. The molecule has 0 unspecified atom stereocenters. The summed E-state index contributed by atoms with van der Waals surface area (Å²) in [6.45, 7) is 6.94. The highest BCUT2D eigenvalue weighted by atomic mass is 16.5. The SMILES string of the molecule is C=CC.NC(=Nc1ccc(OCCCCCCCCn2cncn2)cc1)c1ccccn1. The van der Waals surface area contributed by atoms with Crippen LogP contribution < -0.4 is 10.5 Å². The zero-order valence-electron chi connectivity index (χ0n) is 18.9. The Balaban J connectivity index is 0.00000114. The van der Waals surface area contributed by atoms with Crippen LogP contribution in [0.5, 0.6) is 5.75 Å². The molecule has 32 heavy (non-hydrogen) atoms. The number of benzene rings is 1. The van der Waals surface area contributed by atoms with E-state index in [1.165, 1.54) is 25.7 Å². The molecule has 7 nitrogen and oxygen atoms in total. The first kappa shape index (κ1) is 24.8. The smallest absolute Gasteiger partial charge is 0.150 e. The molecule has 2 heterocycles. The Morgan fingerprint density at radius 2 is 1.78 bits per heavy atom. The van der Waals surface area contributed by atoms with Crippen molar-refractivity contribution < 1.29 is 4.74 Å². The number of aromatic nitrogens is 4. The maximum atomic E-state index is 6.00. The topological polar surface area (TPSA) is 91.2 Å². The van der Waals surface area contributed by atoms with E-state index in [0.29, 0.717) is 11.5 Å². The Morgan fingerprint density at radius 3 is 2.44 bits per heavy atom. The zero-order chi connectivity index (χ0) is 22.9. The molecule has 0 aliphatic heterocycles. The van der Waals surface area contributed by atoms with Gasteiger partial charge in [-0.1, -0.05) is 37.8 Å². The van der Waals surface area contributed by atoms with Gasteiger partial charge in [-0.15, -0.1) is 6.58 Å². The summed E-state index contributed by atoms with van der Waals surface area (Å²) in [5.41, 5.74) is 7.45. The summed E-state index contributed by atoms with van der Waals surface area (Å²) in [4.78, 5) is 12.5. The van der Waals surface area contributed by atoms with Gasteiger partial charge in [0.25, 0.3) is 0 Å². The summed E-state index contributed by atoms with van der Waals surface area (Å²) >= 11 is 0. The van der Waals surface area contributed by atoms with Gasteiger partial charge in [-0.3, -0.25) is 9.67 Å². The second kappa shape index (κ2) is 15.3. The van der Waals surface area contributed by atoms with Crippen molar-refractivity contribution in [3.8, 4) is 5.75 Å². The molecule has 0 spiro atoms. The Hall–Kier alpha value is -3.48. The Labute approximate surface area is 191 Å². The first-order valence-corrected chi connectivity index (χ1v) is 11.1. The van der Waals surface area contributed by atoms with Gasteiger partial charge in [-0.2, -0.15) is 5.10 Å². The predicted octanol–water partition coefficient (Wildman–Crippen LogP) is 5.32. The van der Waals surface area contributed by atoms with Crippen molar-refractivity contribution >= 4 is 11.5 Å². The van der Waals surface area contributed by atoms with E-state index in [1.54, 1.807) is 24.9 Å². The van der Waals surface area contributed by atoms with Crippen LogP contribution in [0.1, 0.15) is 51.1 Å². The van der Waals surface area contributed by atoms with Crippen LogP contribution in [0.15, 0.2) is 79.0 Å². The van der Waals surface area contributed by atoms with E-state index >= 15 is 0 Å². The Kier molecular flexibility index (Phi) is 11.9. The lowest BCUT2D eigenvalue weighted by Gasteiger charge is -2.07. The fraction of sp³-hybridized carbons (Fsp3) is 0.360. The van der Waals surface area contributed by atoms with Gasteiger partial charge >= 0.3 is 0 Å². The average Bonchev–Trinajstić information content (AvgIpc) is 3.34. The van der Waals surface area contributed by atoms with Crippen LogP contribution in [0.2, 0.25) is 0 Å². The van der Waals surface area contributed by atoms with Gasteiger partial charge in [0.2, 0.25) is 0 Å². The average molecular weight is 435 g/mol. The maximum Gasteiger partial charge on any atom is 0.150 e. The van der Waals surface area contributed by atoms with E-state index < -0.39 is 0 Å². The lowest BCUT2D eigenvalue weighted by atomic mass is 10.1. The number of amidine groups is 1. The lowest BCUT2D eigenvalue weighted by Crippen LogP contribution is -2.14. The summed E-state index contributed by atoms with van der Waals surface area (Å²) < 4.78 is 7.70. The molecule has 0 bridgehead atoms. The number of aryl methyl sites for hydroxylation is 1. The van der Waals surface area contributed by atoms with Crippen LogP contribution in [-0.4, -0.2) is 32.2 Å². The lowest BCUT2D eigenvalue weighted by molar-refractivity contribution is 0.304. The highest BCUT2D eigenvalue weighted by Gasteiger charge is 2.00. The van der Waals surface area contributed by atoms with E-state index in [-0.39, 0.29) is 0 Å². The van der Waals surface area contributed by atoms with Crippen molar-refractivity contribution in [2.45, 2.75) is 52.0 Å². The molecule has 7 heteroatoms. The third kappa shape index (κ3) is 10.0. The van der Waals surface area contributed by atoms with E-state index in [4.69, 9.17) is 10.5 Å². The molecule has 0 saturated heterocycles. The van der Waals surface area contributed by atoms with Crippen LogP contribution in [-0.2, 0) is 6.54 Å². The van der Waals surface area contributed by atoms with E-state index in [0.717, 1.165) is 37.4 Å². The maximum absolute atomic E-state index is 6.00. The number of nitrogens with two attached hydrogens (primary N) is 1. The minimum Gasteiger partial charge on any atom is -0.494 e. The highest BCUT2D eigenvalue weighted by molar-refractivity contribution is 5.97. The normalized spacial score (nSPS) is 10.8. The van der Waals surface area contributed by atoms with Gasteiger partial charge in [-0.25, -0.2) is 9.98 Å². The third-order valence-electron chi connectivity index (χ3n) is 4.53. The van der Waals surface area contributed by atoms with Gasteiger partial charge in [0.1, 0.15) is 29.9 Å². The van der Waals surface area contributed by atoms with Crippen molar-refractivity contribution in [2.24, 2.45) is 10.7 Å². The van der Waals surface area contributed by atoms with E-state index in [9.17, 15) is 0 Å². The van der Waals surface area contributed by atoms with Crippen LogP contribution >= 0.6 is 0 Å². The van der Waals surface area contributed by atoms with Gasteiger partial charge in [-0.05, 0) is 56.2 Å². The predicted molar refractivity (Wildman–Crippen MR) is 130 cm³/mol. The molecule has 3 rings (SSSR count). The summed E-state index contributed by atoms with van der Waals surface area (Å²) in [6.07, 6.45) is 13.9. The molecule has 0 fully saturated rings. The fourth-order valence-electron chi connectivity index (χ4n) is 2.95. The summed E-state index contributed by atoms with van der Waals surface area (Å²) in [5.74, 6) is 1.26. The first-order valence-electron chi connectivity index (χ1n) is 11.1. The molecule has 0 radical (unpaired) electrons. The molecule has 2 N–H and O–H groups in total. The largest absolute Gasteiger partial charge is 0.494 e. The van der Waals surface area contributed by atoms with Crippen LogP contribution in [0.3, 0.4) is 0 Å². The van der Waals surface area contributed by atoms with Crippen molar-refractivity contribution in [3.05, 3.63) is 79.7 Å². The molecule has 0 atom stereocenters. The molecule has 2 aromatic heterocycles. The molecule has 0 saturated carbocycles. The summed E-state index contributed by atoms with van der Waals surface area (Å²) in [5, 5.41) is 4.11. The van der Waals surface area contributed by atoms with Crippen molar-refractivity contribution in [2.75, 3.05) is 6.61 Å². The first-order chi connectivity index (χ1) is 15.7. The minimum absolute atomic E-state index is 0.403. The van der Waals surface area contributed by atoms with Crippen molar-refractivity contribution in [3.63, 3.8) is 0 Å². The number of aliphatic imine (C=N–C) groups is 1. The van der Waals surface area contributed by atoms with Crippen molar-refractivity contribution in [1.82, 2.24) is 19.7 Å².